The fourth-order valence-electron chi connectivity index (χ4n) is 2.68. The minimum absolute atomic E-state index is 0.147. The molecule has 3 aromatic heterocycles. The van der Waals surface area contributed by atoms with E-state index in [4.69, 9.17) is 4.74 Å². The van der Waals surface area contributed by atoms with Crippen LogP contribution in [-0.2, 0) is 18.4 Å². The van der Waals surface area contributed by atoms with Gasteiger partial charge in [-0.25, -0.2) is 4.98 Å². The van der Waals surface area contributed by atoms with Crippen LogP contribution in [0, 0.1) is 0 Å². The zero-order chi connectivity index (χ0) is 19.5. The maximum absolute atomic E-state index is 12.4. The van der Waals surface area contributed by atoms with Crippen molar-refractivity contribution in [3.8, 4) is 11.5 Å². The highest BCUT2D eigenvalue weighted by Gasteiger charge is 2.11. The van der Waals surface area contributed by atoms with Gasteiger partial charge in [-0.1, -0.05) is 0 Å². The normalized spacial score (nSPS) is 10.8. The first kappa shape index (κ1) is 17.4. The molecular formula is C19H16N6O3. The molecule has 0 saturated carbocycles. The summed E-state index contributed by atoms with van der Waals surface area (Å²) in [4.78, 5) is 32.8. The van der Waals surface area contributed by atoms with E-state index in [0.29, 0.717) is 28.2 Å². The summed E-state index contributed by atoms with van der Waals surface area (Å²) in [6.45, 7) is -0.147. The average molecular weight is 376 g/mol. The molecule has 0 atom stereocenters. The van der Waals surface area contributed by atoms with Gasteiger partial charge in [0.15, 0.2) is 5.65 Å². The molecule has 9 heteroatoms. The molecule has 4 aromatic rings. The van der Waals surface area contributed by atoms with Gasteiger partial charge in [0.05, 0.1) is 6.20 Å². The Kier molecular flexibility index (Phi) is 4.55. The van der Waals surface area contributed by atoms with Crippen molar-refractivity contribution in [2.75, 3.05) is 5.32 Å². The average Bonchev–Trinajstić information content (AvgIpc) is 3.08. The number of carbonyl (C=O) groups is 1. The third kappa shape index (κ3) is 3.58. The van der Waals surface area contributed by atoms with Gasteiger partial charge >= 0.3 is 0 Å². The number of aryl methyl sites for hydroxylation is 1. The molecule has 0 radical (unpaired) electrons. The topological polar surface area (TPSA) is 104 Å². The molecular weight excluding hydrogens is 360 g/mol. The standard InChI is InChI=1S/C19H16N6O3/c1-24-18-16(10-22-24)19(27)25(12-21-18)11-17(26)23-13-2-4-14(5-3-13)28-15-6-8-20-9-7-15/h2-10,12H,11H2,1H3,(H,23,26). The van der Waals surface area contributed by atoms with Crippen LogP contribution in [0.3, 0.4) is 0 Å². The summed E-state index contributed by atoms with van der Waals surface area (Å²) in [6.07, 6.45) is 6.07. The van der Waals surface area contributed by atoms with Gasteiger partial charge < -0.3 is 10.1 Å². The van der Waals surface area contributed by atoms with Crippen molar-refractivity contribution in [1.82, 2.24) is 24.3 Å². The second-order valence-electron chi connectivity index (χ2n) is 6.04. The molecule has 1 aromatic carbocycles. The molecule has 28 heavy (non-hydrogen) atoms. The molecule has 3 heterocycles. The van der Waals surface area contributed by atoms with Crippen molar-refractivity contribution in [3.63, 3.8) is 0 Å². The molecule has 0 unspecified atom stereocenters. The predicted molar refractivity (Wildman–Crippen MR) is 102 cm³/mol. The van der Waals surface area contributed by atoms with Gasteiger partial charge in [-0.05, 0) is 36.4 Å². The van der Waals surface area contributed by atoms with Gasteiger partial charge in [-0.15, -0.1) is 0 Å². The smallest absolute Gasteiger partial charge is 0.264 e. The number of fused-ring (bicyclic) bond motifs is 1. The lowest BCUT2D eigenvalue weighted by Crippen LogP contribution is -2.27. The number of hydrogen-bond acceptors (Lipinski definition) is 6. The Morgan fingerprint density at radius 3 is 2.57 bits per heavy atom. The Morgan fingerprint density at radius 1 is 1.11 bits per heavy atom. The molecule has 0 aliphatic rings. The second kappa shape index (κ2) is 7.31. The third-order valence-electron chi connectivity index (χ3n) is 4.06. The van der Waals surface area contributed by atoms with Crippen molar-refractivity contribution < 1.29 is 9.53 Å². The van der Waals surface area contributed by atoms with Crippen molar-refractivity contribution >= 4 is 22.6 Å². The van der Waals surface area contributed by atoms with Crippen molar-refractivity contribution in [1.29, 1.82) is 0 Å². The third-order valence-corrected chi connectivity index (χ3v) is 4.06. The van der Waals surface area contributed by atoms with E-state index in [0.717, 1.165) is 0 Å². The minimum Gasteiger partial charge on any atom is -0.457 e. The van der Waals surface area contributed by atoms with Crippen LogP contribution in [-0.4, -0.2) is 30.2 Å². The van der Waals surface area contributed by atoms with Crippen molar-refractivity contribution in [2.24, 2.45) is 7.05 Å². The number of aromatic nitrogens is 5. The fraction of sp³-hybridized carbons (Fsp3) is 0.105. The predicted octanol–water partition coefficient (Wildman–Crippen LogP) is 1.96. The van der Waals surface area contributed by atoms with E-state index in [1.165, 1.54) is 21.8 Å². The zero-order valence-electron chi connectivity index (χ0n) is 14.9. The van der Waals surface area contributed by atoms with Crippen molar-refractivity contribution in [2.45, 2.75) is 6.54 Å². The van der Waals surface area contributed by atoms with Crippen molar-refractivity contribution in [3.05, 3.63) is 71.7 Å². The summed E-state index contributed by atoms with van der Waals surface area (Å²) >= 11 is 0. The van der Waals surface area contributed by atoms with Crippen LogP contribution in [0.4, 0.5) is 5.69 Å². The van der Waals surface area contributed by atoms with E-state index in [9.17, 15) is 9.59 Å². The van der Waals surface area contributed by atoms with Gasteiger partial charge in [0.2, 0.25) is 5.91 Å². The van der Waals surface area contributed by atoms with Gasteiger partial charge in [-0.2, -0.15) is 5.10 Å². The number of benzene rings is 1. The van der Waals surface area contributed by atoms with E-state index in [1.807, 2.05) is 0 Å². The summed E-state index contributed by atoms with van der Waals surface area (Å²) in [5.74, 6) is 0.964. The van der Waals surface area contributed by atoms with Crippen LogP contribution in [0.15, 0.2) is 66.1 Å². The summed E-state index contributed by atoms with van der Waals surface area (Å²) in [6, 6.07) is 10.4. The molecule has 140 valence electrons. The Morgan fingerprint density at radius 2 is 1.82 bits per heavy atom. The number of anilines is 1. The number of ether oxygens (including phenoxy) is 1. The molecule has 4 rings (SSSR count). The molecule has 0 aliphatic carbocycles. The highest BCUT2D eigenvalue weighted by atomic mass is 16.5. The molecule has 0 bridgehead atoms. The monoisotopic (exact) mass is 376 g/mol. The summed E-state index contributed by atoms with van der Waals surface area (Å²) in [5, 5.41) is 7.13. The van der Waals surface area contributed by atoms with E-state index < -0.39 is 0 Å². The zero-order valence-corrected chi connectivity index (χ0v) is 14.9. The van der Waals surface area contributed by atoms with Gasteiger partial charge in [0.1, 0.15) is 29.8 Å². The van der Waals surface area contributed by atoms with E-state index in [-0.39, 0.29) is 18.0 Å². The molecule has 9 nitrogen and oxygen atoms in total. The van der Waals surface area contributed by atoms with E-state index >= 15 is 0 Å². The second-order valence-corrected chi connectivity index (χ2v) is 6.04. The number of hydrogen-bond donors (Lipinski definition) is 1. The first-order chi connectivity index (χ1) is 13.6. The quantitative estimate of drug-likeness (QED) is 0.571. The number of nitrogens with zero attached hydrogens (tertiary/aromatic N) is 5. The fourth-order valence-corrected chi connectivity index (χ4v) is 2.68. The Labute approximate surface area is 159 Å². The molecule has 0 spiro atoms. The van der Waals surface area contributed by atoms with Crippen LogP contribution in [0.25, 0.3) is 11.0 Å². The minimum atomic E-state index is -0.338. The summed E-state index contributed by atoms with van der Waals surface area (Å²) in [5.41, 5.74) is 0.760. The lowest BCUT2D eigenvalue weighted by atomic mass is 10.3. The number of rotatable bonds is 5. The number of amides is 1. The highest BCUT2D eigenvalue weighted by Crippen LogP contribution is 2.22. The molecule has 0 saturated heterocycles. The van der Waals surface area contributed by atoms with E-state index in [1.54, 1.807) is 55.8 Å². The maximum atomic E-state index is 12.4. The number of pyridine rings is 1. The molecule has 0 fully saturated rings. The van der Waals surface area contributed by atoms with Crippen LogP contribution in [0.2, 0.25) is 0 Å². The SMILES string of the molecule is Cn1ncc2c(=O)n(CC(=O)Nc3ccc(Oc4ccncc4)cc3)cnc21. The van der Waals surface area contributed by atoms with Gasteiger partial charge in [0.25, 0.3) is 5.56 Å². The maximum Gasteiger partial charge on any atom is 0.264 e. The Balaban J connectivity index is 1.42. The summed E-state index contributed by atoms with van der Waals surface area (Å²) in [7, 11) is 1.70. The number of carbonyl (C=O) groups excluding carboxylic acids is 1. The highest BCUT2D eigenvalue weighted by molar-refractivity contribution is 5.90. The van der Waals surface area contributed by atoms with Gasteiger partial charge in [-0.3, -0.25) is 23.8 Å². The largest absolute Gasteiger partial charge is 0.457 e. The first-order valence-electron chi connectivity index (χ1n) is 8.45. The van der Waals surface area contributed by atoms with Crippen LogP contribution >= 0.6 is 0 Å². The Bertz CT molecular complexity index is 1180. The van der Waals surface area contributed by atoms with Crippen LogP contribution in [0.5, 0.6) is 11.5 Å². The lowest BCUT2D eigenvalue weighted by molar-refractivity contribution is -0.116. The van der Waals surface area contributed by atoms with Crippen LogP contribution < -0.4 is 15.6 Å². The van der Waals surface area contributed by atoms with Crippen LogP contribution in [0.1, 0.15) is 0 Å². The van der Waals surface area contributed by atoms with E-state index in [2.05, 4.69) is 20.4 Å². The van der Waals surface area contributed by atoms with Gasteiger partial charge in [0, 0.05) is 25.1 Å². The summed E-state index contributed by atoms with van der Waals surface area (Å²) < 4.78 is 8.44. The molecule has 1 N–H and O–H groups in total. The number of nitrogens with one attached hydrogen (secondary N) is 1. The first-order valence-corrected chi connectivity index (χ1v) is 8.45. The Hall–Kier alpha value is -4.01. The molecule has 0 aliphatic heterocycles. The lowest BCUT2D eigenvalue weighted by Gasteiger charge is -2.09. The molecule has 1 amide bonds.